The van der Waals surface area contributed by atoms with E-state index in [0.29, 0.717) is 50.4 Å². The molecule has 1 saturated carbocycles. The molecule has 1 aliphatic carbocycles. The van der Waals surface area contributed by atoms with E-state index in [1.807, 2.05) is 13.8 Å². The Hall–Kier alpha value is -9.90. The molecular weight excluding hydrogens is 1110 g/mol. The van der Waals surface area contributed by atoms with E-state index in [0.717, 1.165) is 36.4 Å². The van der Waals surface area contributed by atoms with E-state index in [4.69, 9.17) is 56.8 Å². The van der Waals surface area contributed by atoms with Gasteiger partial charge >= 0.3 is 59.7 Å². The van der Waals surface area contributed by atoms with E-state index in [-0.39, 0.29) is 116 Å². The van der Waals surface area contributed by atoms with Crippen molar-refractivity contribution in [2.24, 2.45) is 11.8 Å². The monoisotopic (exact) mass is 1180 g/mol. The minimum Gasteiger partial charge on any atom is -0.494 e. The van der Waals surface area contributed by atoms with Gasteiger partial charge in [-0.15, -0.1) is 0 Å². The third kappa shape index (κ3) is 24.2. The fourth-order valence-corrected chi connectivity index (χ4v) is 7.38. The van der Waals surface area contributed by atoms with E-state index in [1.54, 1.807) is 24.3 Å². The molecule has 2 N–H and O–H groups in total. The van der Waals surface area contributed by atoms with Crippen molar-refractivity contribution in [1.29, 1.82) is 0 Å². The van der Waals surface area contributed by atoms with Crippen LogP contribution in [0.25, 0.3) is 0 Å². The van der Waals surface area contributed by atoms with E-state index in [9.17, 15) is 47.9 Å². The first kappa shape index (κ1) is 69.4. The predicted octanol–water partition coefficient (Wildman–Crippen LogP) is 8.19. The normalized spacial score (nSPS) is 12.8. The lowest BCUT2D eigenvalue weighted by Crippen LogP contribution is -2.30. The second-order valence-electron chi connectivity index (χ2n) is 17.4. The first-order valence-electron chi connectivity index (χ1n) is 26.7. The zero-order chi connectivity index (χ0) is 61.2. The molecule has 0 spiro atoms. The molecule has 1 fully saturated rings. The lowest BCUT2D eigenvalue weighted by molar-refractivity contribution is -0.145. The molecule has 0 atom stereocenters. The maximum atomic E-state index is 13.5. The largest absolute Gasteiger partial charge is 0.494 e. The Morgan fingerprint density at radius 1 is 0.376 bits per heavy atom. The van der Waals surface area contributed by atoms with Gasteiger partial charge in [0, 0.05) is 24.3 Å². The second kappa shape index (κ2) is 38.0. The van der Waals surface area contributed by atoms with Crippen LogP contribution in [0.15, 0.2) is 136 Å². The molecule has 4 aromatic rings. The fraction of sp³-hybridized carbons (Fsp3) is 0.323. The molecule has 0 amide bonds. The van der Waals surface area contributed by atoms with E-state index < -0.39 is 71.5 Å². The topological polar surface area (TPSA) is 313 Å². The number of carbonyl (C=O) groups is 10. The summed E-state index contributed by atoms with van der Waals surface area (Å²) in [5.74, 6) is -8.78. The molecule has 0 bridgehead atoms. The summed E-state index contributed by atoms with van der Waals surface area (Å²) in [7, 11) is 0. The van der Waals surface area contributed by atoms with Crippen molar-refractivity contribution in [2.75, 3.05) is 52.9 Å². The molecule has 0 saturated heterocycles. The van der Waals surface area contributed by atoms with Crippen LogP contribution in [0.1, 0.15) is 107 Å². The SMILES string of the molecule is C=CC(=O)OCCCCOc1ccc(C(=O)Oc2ccc(OC(=O)C3CCC(C(=O)Oc4ccc(OC(=O)c5ccc(OCCCCOC(=O)C=C)cc5)c(C(=O)OCCOC(=O)C=C)c4)CC3)cc2C(=O)OCCOC(=O)C=C)cc1.CC.O. The van der Waals surface area contributed by atoms with Gasteiger partial charge in [0.1, 0.15) is 72.1 Å². The average Bonchev–Trinajstić information content (AvgIpc) is 3.52. The van der Waals surface area contributed by atoms with Gasteiger partial charge in [-0.2, -0.15) is 0 Å². The lowest BCUT2D eigenvalue weighted by atomic mass is 9.82. The van der Waals surface area contributed by atoms with E-state index in [2.05, 4.69) is 26.3 Å². The molecule has 454 valence electrons. The Balaban J connectivity index is 0.00000624. The summed E-state index contributed by atoms with van der Waals surface area (Å²) >= 11 is 0. The predicted molar refractivity (Wildman–Crippen MR) is 302 cm³/mol. The first-order chi connectivity index (χ1) is 40.6. The molecule has 5 rings (SSSR count). The second-order valence-corrected chi connectivity index (χ2v) is 17.4. The smallest absolute Gasteiger partial charge is 0.343 e. The highest BCUT2D eigenvalue weighted by atomic mass is 16.6. The van der Waals surface area contributed by atoms with Crippen LogP contribution in [-0.2, 0) is 57.2 Å². The van der Waals surface area contributed by atoms with Crippen molar-refractivity contribution in [2.45, 2.75) is 65.2 Å². The third-order valence-corrected chi connectivity index (χ3v) is 11.6. The van der Waals surface area contributed by atoms with Gasteiger partial charge < -0.3 is 62.3 Å². The van der Waals surface area contributed by atoms with Gasteiger partial charge in [-0.3, -0.25) is 9.59 Å². The zero-order valence-corrected chi connectivity index (χ0v) is 47.2. The number of esters is 10. The molecular formula is C62H68O23. The Bertz CT molecular complexity index is 2750. The summed E-state index contributed by atoms with van der Waals surface area (Å²) in [5.41, 5.74) is -0.410. The van der Waals surface area contributed by atoms with Crippen molar-refractivity contribution in [3.8, 4) is 34.5 Å². The van der Waals surface area contributed by atoms with Crippen molar-refractivity contribution >= 4 is 59.7 Å². The van der Waals surface area contributed by atoms with Crippen LogP contribution in [0.2, 0.25) is 0 Å². The molecule has 1 aliphatic rings. The molecule has 23 heteroatoms. The Morgan fingerprint density at radius 2 is 0.671 bits per heavy atom. The van der Waals surface area contributed by atoms with Gasteiger partial charge in [-0.05, 0) is 136 Å². The van der Waals surface area contributed by atoms with Gasteiger partial charge in [-0.1, -0.05) is 40.2 Å². The summed E-state index contributed by atoms with van der Waals surface area (Å²) in [5, 5.41) is 0. The summed E-state index contributed by atoms with van der Waals surface area (Å²) in [6.45, 7) is 16.9. The number of hydrogen-bond acceptors (Lipinski definition) is 22. The summed E-state index contributed by atoms with van der Waals surface area (Å²) in [6, 6.07) is 19.4. The maximum Gasteiger partial charge on any atom is 0.343 e. The number of hydrogen-bond donors (Lipinski definition) is 0. The third-order valence-electron chi connectivity index (χ3n) is 11.6. The highest BCUT2D eigenvalue weighted by Crippen LogP contribution is 2.34. The van der Waals surface area contributed by atoms with Crippen LogP contribution in [-0.4, -0.2) is 118 Å². The molecule has 0 heterocycles. The van der Waals surface area contributed by atoms with E-state index in [1.165, 1.54) is 48.5 Å². The maximum absolute atomic E-state index is 13.5. The van der Waals surface area contributed by atoms with Gasteiger partial charge in [0.2, 0.25) is 0 Å². The highest BCUT2D eigenvalue weighted by Gasteiger charge is 2.33. The number of rotatable bonds is 32. The summed E-state index contributed by atoms with van der Waals surface area (Å²) in [4.78, 5) is 126. The molecule has 0 aromatic heterocycles. The molecule has 23 nitrogen and oxygen atoms in total. The van der Waals surface area contributed by atoms with E-state index >= 15 is 0 Å². The lowest BCUT2D eigenvalue weighted by Gasteiger charge is -2.26. The van der Waals surface area contributed by atoms with Crippen LogP contribution in [0, 0.1) is 11.8 Å². The minimum absolute atomic E-state index is 0. The van der Waals surface area contributed by atoms with Gasteiger partial charge in [0.25, 0.3) is 0 Å². The summed E-state index contributed by atoms with van der Waals surface area (Å²) < 4.78 is 64.1. The number of carbonyl (C=O) groups excluding carboxylic acids is 10. The van der Waals surface area contributed by atoms with Gasteiger partial charge in [-0.25, -0.2) is 38.4 Å². The van der Waals surface area contributed by atoms with Crippen molar-refractivity contribution < 1.29 is 110 Å². The minimum atomic E-state index is -1.01. The van der Waals surface area contributed by atoms with Crippen molar-refractivity contribution in [3.63, 3.8) is 0 Å². The van der Waals surface area contributed by atoms with Gasteiger partial charge in [0.05, 0.1) is 49.4 Å². The van der Waals surface area contributed by atoms with Crippen LogP contribution < -0.4 is 28.4 Å². The fourth-order valence-electron chi connectivity index (χ4n) is 7.38. The van der Waals surface area contributed by atoms with Gasteiger partial charge in [0.15, 0.2) is 0 Å². The number of unbranched alkanes of at least 4 members (excludes halogenated alkanes) is 2. The number of ether oxygens (including phenoxy) is 12. The first-order valence-corrected chi connectivity index (χ1v) is 26.7. The summed E-state index contributed by atoms with van der Waals surface area (Å²) in [6.07, 6.45) is 7.06. The zero-order valence-electron chi connectivity index (χ0n) is 47.2. The van der Waals surface area contributed by atoms with Crippen LogP contribution in [0.5, 0.6) is 34.5 Å². The number of benzene rings is 4. The van der Waals surface area contributed by atoms with Crippen LogP contribution in [0.4, 0.5) is 0 Å². The quantitative estimate of drug-likeness (QED) is 0.0146. The van der Waals surface area contributed by atoms with Crippen molar-refractivity contribution in [3.05, 3.63) is 158 Å². The molecule has 0 aliphatic heterocycles. The molecule has 85 heavy (non-hydrogen) atoms. The van der Waals surface area contributed by atoms with Crippen LogP contribution in [0.3, 0.4) is 0 Å². The Kier molecular flexibility index (Phi) is 31.0. The van der Waals surface area contributed by atoms with Crippen molar-refractivity contribution in [1.82, 2.24) is 0 Å². The van der Waals surface area contributed by atoms with Crippen LogP contribution >= 0.6 is 0 Å². The molecule has 0 radical (unpaired) electrons. The molecule has 4 aromatic carbocycles. The Morgan fingerprint density at radius 3 is 1.00 bits per heavy atom. The highest BCUT2D eigenvalue weighted by molar-refractivity contribution is 5.98. The Labute approximate surface area is 490 Å². The standard InChI is InChI=1S/C60H60O22.C2H6.H2O/c1-5-51(61)73-31-11-9-29-71-43-21-17-41(18-22-43)57(67)81-49-27-25-45(37-47(49)59(69)77-35-33-75-53(63)7-3)79-55(65)39-13-15-40(16-14-39)56(66)80-46-26-28-50(48(38-46)60(70)78-36-34-76-54(64)8-4)82-58(68)42-19-23-44(24-20-42)72-30-10-12-32-74-52(62)6-2;1-2;/h5-8,17-28,37-40H,1-4,9-16,29-36H2;1-2H3;1H2. The molecule has 0 unspecified atom stereocenters. The average molecular weight is 1180 g/mol.